The zero-order valence-electron chi connectivity index (χ0n) is 41.4. The van der Waals surface area contributed by atoms with Crippen LogP contribution >= 0.6 is 0 Å². The van der Waals surface area contributed by atoms with Crippen molar-refractivity contribution in [2.45, 2.75) is 59.8 Å². The summed E-state index contributed by atoms with van der Waals surface area (Å²) in [6.45, 7) is 15.7. The maximum absolute atomic E-state index is 7.40. The van der Waals surface area contributed by atoms with Gasteiger partial charge in [0.15, 0.2) is 0 Å². The molecule has 0 saturated carbocycles. The summed E-state index contributed by atoms with van der Waals surface area (Å²) in [5.74, 6) is 2.72. The lowest BCUT2D eigenvalue weighted by molar-refractivity contribution is 0.590. The topological polar surface area (TPSA) is 59.0 Å². The first-order valence-corrected chi connectivity index (χ1v) is 25.1. The van der Waals surface area contributed by atoms with Crippen molar-refractivity contribution in [2.75, 3.05) is 9.80 Å². The number of hydrogen-bond donors (Lipinski definition) is 0. The summed E-state index contributed by atoms with van der Waals surface area (Å²) >= 11 is 0. The van der Waals surface area contributed by atoms with E-state index < -0.39 is 0 Å². The maximum Gasteiger partial charge on any atom is 0.297 e. The molecule has 0 fully saturated rings. The highest BCUT2D eigenvalue weighted by Crippen LogP contribution is 2.51. The Morgan fingerprint density at radius 2 is 1.03 bits per heavy atom. The van der Waals surface area contributed by atoms with Gasteiger partial charge < -0.3 is 27.5 Å². The number of fused-ring (bicyclic) bond motifs is 9. The second-order valence-electron chi connectivity index (χ2n) is 21.2. The maximum atomic E-state index is 7.40. The van der Waals surface area contributed by atoms with Gasteiger partial charge in [0, 0.05) is 61.0 Å². The quantitative estimate of drug-likeness (QED) is 0.155. The zero-order valence-corrected chi connectivity index (χ0v) is 41.4. The van der Waals surface area contributed by atoms with Crippen LogP contribution in [0, 0.1) is 13.8 Å². The third-order valence-electron chi connectivity index (χ3n) is 15.2. The molecular formula is C65H51BN2O4. The molecule has 0 atom stereocenters. The molecule has 0 amide bonds. The van der Waals surface area contributed by atoms with E-state index in [-0.39, 0.29) is 18.0 Å². The minimum absolute atomic E-state index is 0.0876. The summed E-state index contributed by atoms with van der Waals surface area (Å²) in [7, 11) is 0. The number of aryl methyl sites for hydroxylation is 2. The number of hydrogen-bond acceptors (Lipinski definition) is 6. The monoisotopic (exact) mass is 934 g/mol. The normalized spacial score (nSPS) is 13.2. The van der Waals surface area contributed by atoms with E-state index in [2.05, 4.69) is 198 Å². The van der Waals surface area contributed by atoms with Crippen LogP contribution in [-0.4, -0.2) is 6.71 Å². The summed E-state index contributed by atoms with van der Waals surface area (Å²) < 4.78 is 27.0. The van der Waals surface area contributed by atoms with Crippen molar-refractivity contribution >= 4 is 101 Å². The lowest BCUT2D eigenvalue weighted by Gasteiger charge is -2.43. The van der Waals surface area contributed by atoms with Crippen molar-refractivity contribution in [3.8, 4) is 34.0 Å². The van der Waals surface area contributed by atoms with Gasteiger partial charge in [-0.1, -0.05) is 120 Å². The SMILES string of the molecule is Cc1cc(-c2cc3ccccc3o2)cc(C)c1N1c2cc(C(C)C)cc3c2B(c2ccc(-c4cc5ccccc5o4)cc2N3c2cccc(-c3cc4ccccc4o3)c2)c2oc3ccc(C(C)(C)C)cc3c21. The highest BCUT2D eigenvalue weighted by molar-refractivity contribution is 7.00. The molecule has 0 bridgehead atoms. The van der Waals surface area contributed by atoms with Crippen molar-refractivity contribution in [3.05, 3.63) is 198 Å². The highest BCUT2D eigenvalue weighted by Gasteiger charge is 2.48. The molecule has 72 heavy (non-hydrogen) atoms. The predicted octanol–water partition coefficient (Wildman–Crippen LogP) is 16.8. The Morgan fingerprint density at radius 1 is 0.458 bits per heavy atom. The Bertz CT molecular complexity index is 4070. The zero-order chi connectivity index (χ0) is 48.7. The minimum Gasteiger partial charge on any atom is -0.468 e. The molecule has 0 saturated heterocycles. The van der Waals surface area contributed by atoms with Gasteiger partial charge in [-0.2, -0.15) is 0 Å². The van der Waals surface area contributed by atoms with E-state index in [0.717, 1.165) is 134 Å². The van der Waals surface area contributed by atoms with Crippen LogP contribution in [0.1, 0.15) is 62.8 Å². The Balaban J connectivity index is 1.06. The van der Waals surface area contributed by atoms with E-state index in [1.807, 2.05) is 36.4 Å². The van der Waals surface area contributed by atoms with Crippen molar-refractivity contribution in [2.24, 2.45) is 0 Å². The Hall–Kier alpha value is -8.42. The third-order valence-corrected chi connectivity index (χ3v) is 15.2. The van der Waals surface area contributed by atoms with E-state index in [4.69, 9.17) is 17.7 Å². The first-order valence-electron chi connectivity index (χ1n) is 25.1. The fourth-order valence-corrected chi connectivity index (χ4v) is 11.6. The number of furan rings is 4. The van der Waals surface area contributed by atoms with Crippen LogP contribution in [0.4, 0.5) is 34.1 Å². The standard InChI is InChI=1S/C65H51BN2O4/c1-37(2)45-31-52-61-53(32-45)68(62-38(3)27-46(28-39(62)4)60-35-43-17-10-13-22-56(43)71-60)63-49-36-47(65(5,6)7)24-26-57(49)72-64(63)66(61)50-25-23-44(59-34-42-16-9-12-21-55(42)70-59)30-51(50)67(52)48-19-14-18-40(29-48)58-33-41-15-8-11-20-54(41)69-58/h8-37H,1-7H3. The van der Waals surface area contributed by atoms with Crippen LogP contribution in [0.15, 0.2) is 194 Å². The fraction of sp³-hybridized carbons (Fsp3) is 0.138. The van der Waals surface area contributed by atoms with Gasteiger partial charge in [-0.15, -0.1) is 0 Å². The van der Waals surface area contributed by atoms with E-state index >= 15 is 0 Å². The molecule has 7 heteroatoms. The van der Waals surface area contributed by atoms with Crippen LogP contribution in [0.3, 0.4) is 0 Å². The molecule has 2 aliphatic heterocycles. The second kappa shape index (κ2) is 15.5. The van der Waals surface area contributed by atoms with Gasteiger partial charge in [0.1, 0.15) is 39.6 Å². The molecule has 0 unspecified atom stereocenters. The van der Waals surface area contributed by atoms with Crippen molar-refractivity contribution in [3.63, 3.8) is 0 Å². The van der Waals surface area contributed by atoms with Crippen LogP contribution in [0.25, 0.3) is 77.8 Å². The van der Waals surface area contributed by atoms with Crippen LogP contribution in [0.5, 0.6) is 0 Å². The third kappa shape index (κ3) is 6.49. The molecule has 4 aromatic heterocycles. The molecule has 0 radical (unpaired) electrons. The van der Waals surface area contributed by atoms with Gasteiger partial charge in [0.25, 0.3) is 6.71 Å². The average Bonchev–Trinajstić information content (AvgIpc) is 4.20. The summed E-state index contributed by atoms with van der Waals surface area (Å²) in [5, 5.41) is 4.34. The second-order valence-corrected chi connectivity index (χ2v) is 21.2. The first-order chi connectivity index (χ1) is 34.9. The van der Waals surface area contributed by atoms with Crippen LogP contribution < -0.4 is 26.4 Å². The van der Waals surface area contributed by atoms with E-state index in [1.54, 1.807) is 0 Å². The predicted molar refractivity (Wildman–Crippen MR) is 298 cm³/mol. The van der Waals surface area contributed by atoms with Crippen LogP contribution in [-0.2, 0) is 5.41 Å². The van der Waals surface area contributed by atoms with Crippen molar-refractivity contribution < 1.29 is 17.7 Å². The Kier molecular flexibility index (Phi) is 9.17. The van der Waals surface area contributed by atoms with Gasteiger partial charge in [0.05, 0.1) is 17.0 Å². The number of anilines is 6. The smallest absolute Gasteiger partial charge is 0.297 e. The van der Waals surface area contributed by atoms with Gasteiger partial charge in [-0.25, -0.2) is 0 Å². The Labute approximate surface area is 418 Å². The van der Waals surface area contributed by atoms with Crippen LogP contribution in [0.2, 0.25) is 0 Å². The van der Waals surface area contributed by atoms with Crippen molar-refractivity contribution in [1.29, 1.82) is 0 Å². The summed E-state index contributed by atoms with van der Waals surface area (Å²) in [6.07, 6.45) is 0. The molecule has 8 aromatic carbocycles. The minimum atomic E-state index is -0.238. The molecule has 12 aromatic rings. The highest BCUT2D eigenvalue weighted by atomic mass is 16.3. The molecule has 0 spiro atoms. The van der Waals surface area contributed by atoms with E-state index in [0.29, 0.717) is 0 Å². The summed E-state index contributed by atoms with van der Waals surface area (Å²) in [6, 6.07) is 63.1. The molecule has 14 rings (SSSR count). The fourth-order valence-electron chi connectivity index (χ4n) is 11.6. The van der Waals surface area contributed by atoms with E-state index in [9.17, 15) is 0 Å². The number of benzene rings is 8. The molecule has 2 aliphatic rings. The van der Waals surface area contributed by atoms with E-state index in [1.165, 1.54) is 16.6 Å². The molecule has 348 valence electrons. The number of nitrogens with zero attached hydrogens (tertiary/aromatic N) is 2. The molecule has 0 aliphatic carbocycles. The molecule has 6 heterocycles. The lowest BCUT2D eigenvalue weighted by atomic mass is 9.35. The summed E-state index contributed by atoms with van der Waals surface area (Å²) in [4.78, 5) is 5.02. The number of para-hydroxylation sites is 3. The summed E-state index contributed by atoms with van der Waals surface area (Å²) in [5.41, 5.74) is 21.0. The molecule has 6 nitrogen and oxygen atoms in total. The number of rotatable bonds is 6. The molecular weight excluding hydrogens is 884 g/mol. The lowest BCUT2D eigenvalue weighted by Crippen LogP contribution is -2.61. The Morgan fingerprint density at radius 3 is 1.61 bits per heavy atom. The van der Waals surface area contributed by atoms with Gasteiger partial charge in [-0.3, -0.25) is 0 Å². The first kappa shape index (κ1) is 42.5. The van der Waals surface area contributed by atoms with Gasteiger partial charge >= 0.3 is 0 Å². The van der Waals surface area contributed by atoms with Crippen molar-refractivity contribution in [1.82, 2.24) is 0 Å². The van der Waals surface area contributed by atoms with Gasteiger partial charge in [-0.05, 0) is 149 Å². The average molecular weight is 935 g/mol. The largest absolute Gasteiger partial charge is 0.468 e. The molecule has 0 N–H and O–H groups in total. The van der Waals surface area contributed by atoms with Gasteiger partial charge in [0.2, 0.25) is 0 Å².